The topological polar surface area (TPSA) is 45.2 Å². The summed E-state index contributed by atoms with van der Waals surface area (Å²) in [5.41, 5.74) is 2.61. The van der Waals surface area contributed by atoms with E-state index in [-0.39, 0.29) is 5.91 Å². The van der Waals surface area contributed by atoms with E-state index < -0.39 is 0 Å². The second kappa shape index (κ2) is 6.48. The lowest BCUT2D eigenvalue weighted by atomic mass is 9.97. The number of hydrogen-bond donors (Lipinski definition) is 1. The standard InChI is InChI=1S/C14H23N3OS/c1-10(2)15-7-12-5-4-6-17(8-12)14(18)13-11(3)16-9-19-13/h9-10,12,15H,4-8H2,1-3H3. The fourth-order valence-corrected chi connectivity index (χ4v) is 3.24. The molecule has 1 atom stereocenters. The van der Waals surface area contributed by atoms with Crippen molar-refractivity contribution in [3.8, 4) is 0 Å². The first kappa shape index (κ1) is 14.5. The Morgan fingerprint density at radius 2 is 2.42 bits per heavy atom. The van der Waals surface area contributed by atoms with Gasteiger partial charge in [0.1, 0.15) is 4.88 Å². The van der Waals surface area contributed by atoms with E-state index in [1.807, 2.05) is 11.8 Å². The van der Waals surface area contributed by atoms with Gasteiger partial charge in [0.2, 0.25) is 0 Å². The summed E-state index contributed by atoms with van der Waals surface area (Å²) in [6.07, 6.45) is 2.32. The molecule has 1 aromatic heterocycles. The second-order valence-corrected chi connectivity index (χ2v) is 6.44. The van der Waals surface area contributed by atoms with Crippen molar-refractivity contribution in [2.75, 3.05) is 19.6 Å². The third-order valence-electron chi connectivity index (χ3n) is 3.56. The Hall–Kier alpha value is -0.940. The van der Waals surface area contributed by atoms with Gasteiger partial charge in [0, 0.05) is 19.1 Å². The first-order valence-corrected chi connectivity index (χ1v) is 7.88. The number of nitrogens with zero attached hydrogens (tertiary/aromatic N) is 2. The smallest absolute Gasteiger partial charge is 0.265 e. The van der Waals surface area contributed by atoms with E-state index in [1.165, 1.54) is 17.8 Å². The van der Waals surface area contributed by atoms with Crippen LogP contribution in [0.3, 0.4) is 0 Å². The molecule has 0 radical (unpaired) electrons. The number of thiazole rings is 1. The molecule has 106 valence electrons. The van der Waals surface area contributed by atoms with Gasteiger partial charge in [-0.3, -0.25) is 4.79 Å². The number of hydrogen-bond acceptors (Lipinski definition) is 4. The maximum absolute atomic E-state index is 12.4. The van der Waals surface area contributed by atoms with Crippen LogP contribution in [0.4, 0.5) is 0 Å². The van der Waals surface area contributed by atoms with E-state index in [4.69, 9.17) is 0 Å². The Labute approximate surface area is 119 Å². The number of amides is 1. The molecule has 1 aliphatic heterocycles. The zero-order chi connectivity index (χ0) is 13.8. The van der Waals surface area contributed by atoms with Crippen molar-refractivity contribution in [1.29, 1.82) is 0 Å². The third-order valence-corrected chi connectivity index (χ3v) is 4.48. The number of aryl methyl sites for hydroxylation is 1. The minimum absolute atomic E-state index is 0.161. The molecule has 2 heterocycles. The number of likely N-dealkylation sites (tertiary alicyclic amines) is 1. The maximum atomic E-state index is 12.4. The van der Waals surface area contributed by atoms with Crippen LogP contribution in [0.15, 0.2) is 5.51 Å². The molecule has 1 fully saturated rings. The van der Waals surface area contributed by atoms with E-state index >= 15 is 0 Å². The molecule has 1 unspecified atom stereocenters. The predicted octanol–water partition coefficient (Wildman–Crippen LogP) is 2.30. The number of piperidine rings is 1. The molecule has 0 aliphatic carbocycles. The molecule has 0 bridgehead atoms. The van der Waals surface area contributed by atoms with Crippen LogP contribution >= 0.6 is 11.3 Å². The second-order valence-electron chi connectivity index (χ2n) is 5.59. The Bertz CT molecular complexity index is 430. The first-order chi connectivity index (χ1) is 9.08. The highest BCUT2D eigenvalue weighted by atomic mass is 32.1. The van der Waals surface area contributed by atoms with Crippen LogP contribution in [0.25, 0.3) is 0 Å². The molecule has 2 rings (SSSR count). The van der Waals surface area contributed by atoms with Gasteiger partial charge in [-0.2, -0.15) is 0 Å². The lowest BCUT2D eigenvalue weighted by Gasteiger charge is -2.33. The van der Waals surface area contributed by atoms with Gasteiger partial charge >= 0.3 is 0 Å². The first-order valence-electron chi connectivity index (χ1n) is 7.00. The summed E-state index contributed by atoms with van der Waals surface area (Å²) >= 11 is 1.45. The molecular formula is C14H23N3OS. The summed E-state index contributed by atoms with van der Waals surface area (Å²) in [5.74, 6) is 0.738. The lowest BCUT2D eigenvalue weighted by Crippen LogP contribution is -2.43. The Morgan fingerprint density at radius 1 is 1.63 bits per heavy atom. The van der Waals surface area contributed by atoms with Crippen molar-refractivity contribution in [3.05, 3.63) is 16.1 Å². The summed E-state index contributed by atoms with van der Waals surface area (Å²) in [6.45, 7) is 8.98. The summed E-state index contributed by atoms with van der Waals surface area (Å²) in [4.78, 5) is 19.4. The molecule has 0 saturated carbocycles. The molecule has 1 amide bonds. The van der Waals surface area contributed by atoms with Crippen molar-refractivity contribution in [2.45, 2.75) is 39.7 Å². The maximum Gasteiger partial charge on any atom is 0.265 e. The van der Waals surface area contributed by atoms with Crippen molar-refractivity contribution in [3.63, 3.8) is 0 Å². The zero-order valence-corrected chi connectivity index (χ0v) is 12.8. The number of rotatable bonds is 4. The SMILES string of the molecule is Cc1ncsc1C(=O)N1CCCC(CNC(C)C)C1. The molecule has 4 nitrogen and oxygen atoms in total. The number of aromatic nitrogens is 1. The molecule has 1 aromatic rings. The summed E-state index contributed by atoms with van der Waals surface area (Å²) in [6, 6.07) is 0.509. The van der Waals surface area contributed by atoms with Crippen LogP contribution in [0.2, 0.25) is 0 Å². The Kier molecular flexibility index (Phi) is 4.93. The number of carbonyl (C=O) groups is 1. The molecule has 5 heteroatoms. The van der Waals surface area contributed by atoms with E-state index in [0.717, 1.165) is 36.6 Å². The number of nitrogens with one attached hydrogen (secondary N) is 1. The highest BCUT2D eigenvalue weighted by Gasteiger charge is 2.26. The van der Waals surface area contributed by atoms with Crippen molar-refractivity contribution >= 4 is 17.2 Å². The van der Waals surface area contributed by atoms with Gasteiger partial charge in [0.25, 0.3) is 5.91 Å². The average Bonchev–Trinajstić information content (AvgIpc) is 2.82. The van der Waals surface area contributed by atoms with Crippen LogP contribution < -0.4 is 5.32 Å². The number of carbonyl (C=O) groups excluding carboxylic acids is 1. The molecule has 0 aromatic carbocycles. The normalized spacial score (nSPS) is 20.0. The fraction of sp³-hybridized carbons (Fsp3) is 0.714. The van der Waals surface area contributed by atoms with Gasteiger partial charge in [0.15, 0.2) is 0 Å². The summed E-state index contributed by atoms with van der Waals surface area (Å²) in [5, 5.41) is 3.47. The molecule has 19 heavy (non-hydrogen) atoms. The third kappa shape index (κ3) is 3.76. The van der Waals surface area contributed by atoms with E-state index in [1.54, 1.807) is 5.51 Å². The molecule has 1 N–H and O–H groups in total. The Balaban J connectivity index is 1.94. The molecule has 1 aliphatic rings. The highest BCUT2D eigenvalue weighted by molar-refractivity contribution is 7.11. The van der Waals surface area contributed by atoms with Crippen molar-refractivity contribution in [1.82, 2.24) is 15.2 Å². The van der Waals surface area contributed by atoms with Crippen molar-refractivity contribution in [2.24, 2.45) is 5.92 Å². The molecular weight excluding hydrogens is 258 g/mol. The van der Waals surface area contributed by atoms with Gasteiger partial charge in [-0.1, -0.05) is 13.8 Å². The zero-order valence-electron chi connectivity index (χ0n) is 12.0. The van der Waals surface area contributed by atoms with Crippen LogP contribution in [0.5, 0.6) is 0 Å². The lowest BCUT2D eigenvalue weighted by molar-refractivity contribution is 0.0676. The molecule has 1 saturated heterocycles. The van der Waals surface area contributed by atoms with Gasteiger partial charge in [-0.15, -0.1) is 11.3 Å². The van der Waals surface area contributed by atoms with E-state index in [9.17, 15) is 4.79 Å². The van der Waals surface area contributed by atoms with Crippen LogP contribution in [0.1, 0.15) is 42.1 Å². The van der Waals surface area contributed by atoms with Gasteiger partial charge in [-0.05, 0) is 32.2 Å². The highest BCUT2D eigenvalue weighted by Crippen LogP contribution is 2.21. The van der Waals surface area contributed by atoms with Crippen LogP contribution in [-0.4, -0.2) is 41.5 Å². The molecule has 0 spiro atoms. The minimum Gasteiger partial charge on any atom is -0.338 e. The average molecular weight is 281 g/mol. The summed E-state index contributed by atoms with van der Waals surface area (Å²) < 4.78 is 0. The van der Waals surface area contributed by atoms with Crippen LogP contribution in [0, 0.1) is 12.8 Å². The van der Waals surface area contributed by atoms with Gasteiger partial charge < -0.3 is 10.2 Å². The minimum atomic E-state index is 0.161. The quantitative estimate of drug-likeness (QED) is 0.921. The summed E-state index contributed by atoms with van der Waals surface area (Å²) in [7, 11) is 0. The Morgan fingerprint density at radius 3 is 3.05 bits per heavy atom. The fourth-order valence-electron chi connectivity index (χ4n) is 2.47. The van der Waals surface area contributed by atoms with Crippen molar-refractivity contribution < 1.29 is 4.79 Å². The van der Waals surface area contributed by atoms with E-state index in [0.29, 0.717) is 12.0 Å². The predicted molar refractivity (Wildman–Crippen MR) is 78.6 cm³/mol. The monoisotopic (exact) mass is 281 g/mol. The van der Waals surface area contributed by atoms with Gasteiger partial charge in [0.05, 0.1) is 11.2 Å². The van der Waals surface area contributed by atoms with E-state index in [2.05, 4.69) is 24.1 Å². The van der Waals surface area contributed by atoms with Gasteiger partial charge in [-0.25, -0.2) is 4.98 Å². The van der Waals surface area contributed by atoms with Crippen LogP contribution in [-0.2, 0) is 0 Å². The largest absolute Gasteiger partial charge is 0.338 e.